The fourth-order valence-corrected chi connectivity index (χ4v) is 6.51. The molecule has 0 saturated heterocycles. The molecule has 1 atom stereocenters. The Morgan fingerprint density at radius 1 is 0.875 bits per heavy atom. The van der Waals surface area contributed by atoms with Crippen molar-refractivity contribution < 1.29 is 42.1 Å². The highest BCUT2D eigenvalue weighted by Gasteiger charge is 2.38. The first-order chi connectivity index (χ1) is 26.7. The number of amides is 2. The van der Waals surface area contributed by atoms with Crippen molar-refractivity contribution in [3.05, 3.63) is 77.8 Å². The summed E-state index contributed by atoms with van der Waals surface area (Å²) in [7, 11) is 0. The van der Waals surface area contributed by atoms with Crippen molar-refractivity contribution in [2.24, 2.45) is 5.41 Å². The summed E-state index contributed by atoms with van der Waals surface area (Å²) in [4.78, 5) is 33.4. The zero-order chi connectivity index (χ0) is 41.0. The molecular formula is C42H62F2N4O7S. The Bertz CT molecular complexity index is 1600. The minimum Gasteiger partial charge on any atom is -0.444 e. The van der Waals surface area contributed by atoms with Gasteiger partial charge in [0.15, 0.2) is 0 Å². The minimum absolute atomic E-state index is 0.0346. The molecule has 3 rings (SSSR count). The van der Waals surface area contributed by atoms with Gasteiger partial charge >= 0.3 is 6.09 Å². The molecule has 0 saturated carbocycles. The van der Waals surface area contributed by atoms with E-state index in [9.17, 15) is 14.0 Å². The number of alkyl carbamates (subject to hydrolysis) is 1. The van der Waals surface area contributed by atoms with Gasteiger partial charge in [-0.25, -0.2) is 18.6 Å². The van der Waals surface area contributed by atoms with Crippen molar-refractivity contribution in [2.75, 3.05) is 77.5 Å². The lowest BCUT2D eigenvalue weighted by atomic mass is 9.84. The molecule has 0 radical (unpaired) electrons. The molecule has 0 aliphatic rings. The average molecular weight is 805 g/mol. The van der Waals surface area contributed by atoms with Crippen molar-refractivity contribution >= 4 is 23.8 Å². The van der Waals surface area contributed by atoms with Gasteiger partial charge in [0.1, 0.15) is 23.1 Å². The van der Waals surface area contributed by atoms with Crippen LogP contribution < -0.4 is 5.32 Å². The van der Waals surface area contributed by atoms with Crippen LogP contribution in [0.5, 0.6) is 0 Å². The molecule has 0 spiro atoms. The number of nitrogens with one attached hydrogen (secondary N) is 1. The number of imidazole rings is 1. The molecule has 14 heteroatoms. The van der Waals surface area contributed by atoms with Gasteiger partial charge in [0.25, 0.3) is 0 Å². The highest BCUT2D eigenvalue weighted by atomic mass is 32.2. The van der Waals surface area contributed by atoms with Crippen LogP contribution in [0, 0.1) is 17.0 Å². The number of nitrogens with zero attached hydrogens (tertiary/aromatic N) is 3. The second-order valence-corrected chi connectivity index (χ2v) is 16.5. The van der Waals surface area contributed by atoms with Gasteiger partial charge in [0.2, 0.25) is 5.91 Å². The third-order valence-corrected chi connectivity index (χ3v) is 9.12. The third kappa shape index (κ3) is 17.3. The van der Waals surface area contributed by atoms with Crippen LogP contribution >= 0.6 is 11.8 Å². The van der Waals surface area contributed by atoms with E-state index in [1.807, 2.05) is 55.7 Å². The van der Waals surface area contributed by atoms with E-state index < -0.39 is 34.8 Å². The van der Waals surface area contributed by atoms with Gasteiger partial charge in [-0.1, -0.05) is 58.0 Å². The minimum atomic E-state index is -0.648. The van der Waals surface area contributed by atoms with Gasteiger partial charge < -0.3 is 38.5 Å². The van der Waals surface area contributed by atoms with Crippen molar-refractivity contribution in [3.63, 3.8) is 0 Å². The van der Waals surface area contributed by atoms with Gasteiger partial charge in [-0.05, 0) is 62.8 Å². The smallest absolute Gasteiger partial charge is 0.407 e. The Morgan fingerprint density at radius 3 is 2.11 bits per heavy atom. The number of hydrogen-bond acceptors (Lipinski definition) is 9. The van der Waals surface area contributed by atoms with Crippen LogP contribution in [0.2, 0.25) is 0 Å². The van der Waals surface area contributed by atoms with E-state index in [0.29, 0.717) is 77.3 Å². The molecule has 1 heterocycles. The summed E-state index contributed by atoms with van der Waals surface area (Å²) in [6.07, 6.45) is 2.61. The lowest BCUT2D eigenvalue weighted by Gasteiger charge is -2.40. The van der Waals surface area contributed by atoms with Crippen molar-refractivity contribution in [1.82, 2.24) is 19.8 Å². The molecule has 2 amide bonds. The number of carbonyl (C=O) groups is 2. The van der Waals surface area contributed by atoms with E-state index >= 15 is 4.39 Å². The van der Waals surface area contributed by atoms with Gasteiger partial charge in [0.05, 0.1) is 63.7 Å². The molecule has 0 aliphatic heterocycles. The van der Waals surface area contributed by atoms with Crippen molar-refractivity contribution in [3.8, 4) is 11.3 Å². The Labute approximate surface area is 336 Å². The summed E-state index contributed by atoms with van der Waals surface area (Å²) >= 11 is 1.46. The molecule has 0 bridgehead atoms. The summed E-state index contributed by atoms with van der Waals surface area (Å²) in [5, 5.41) is 2.79. The van der Waals surface area contributed by atoms with Gasteiger partial charge in [-0.15, -0.1) is 11.8 Å². The third-order valence-electron chi connectivity index (χ3n) is 8.21. The lowest BCUT2D eigenvalue weighted by Crippen LogP contribution is -2.44. The van der Waals surface area contributed by atoms with Crippen molar-refractivity contribution in [1.29, 1.82) is 0 Å². The molecule has 312 valence electrons. The molecule has 11 nitrogen and oxygen atoms in total. The molecule has 2 aromatic carbocycles. The van der Waals surface area contributed by atoms with E-state index in [1.54, 1.807) is 31.9 Å². The SMILES string of the molecule is CCCOCCOCCOCCOCCSCC(=O)N(CCCNC(=O)OC(C)(C)C)[C@@H](c1nc(-c2cc(F)ccc2F)cn1Cc1ccccc1)C(C)(C)C. The first-order valence-electron chi connectivity index (χ1n) is 19.4. The normalized spacial score (nSPS) is 12.4. The van der Waals surface area contributed by atoms with Crippen LogP contribution in [0.4, 0.5) is 13.6 Å². The summed E-state index contributed by atoms with van der Waals surface area (Å²) in [5.41, 5.74) is 0.0815. The van der Waals surface area contributed by atoms with Crippen LogP contribution in [0.3, 0.4) is 0 Å². The fraction of sp³-hybridized carbons (Fsp3) is 0.595. The number of benzene rings is 2. The monoisotopic (exact) mass is 804 g/mol. The molecule has 0 fully saturated rings. The second-order valence-electron chi connectivity index (χ2n) is 15.4. The molecule has 3 aromatic rings. The fourth-order valence-electron chi connectivity index (χ4n) is 5.79. The maximum atomic E-state index is 15.1. The molecule has 0 unspecified atom stereocenters. The number of aromatic nitrogens is 2. The molecule has 1 N–H and O–H groups in total. The Hall–Kier alpha value is -3.56. The first kappa shape index (κ1) is 46.8. The first-order valence-corrected chi connectivity index (χ1v) is 20.6. The quantitative estimate of drug-likeness (QED) is 0.0854. The molecule has 1 aromatic heterocycles. The predicted molar refractivity (Wildman–Crippen MR) is 217 cm³/mol. The second kappa shape index (κ2) is 24.3. The number of ether oxygens (including phenoxy) is 5. The van der Waals surface area contributed by atoms with E-state index in [0.717, 1.165) is 36.8 Å². The van der Waals surface area contributed by atoms with Crippen molar-refractivity contribution in [2.45, 2.75) is 79.5 Å². The highest BCUT2D eigenvalue weighted by Crippen LogP contribution is 2.40. The van der Waals surface area contributed by atoms with Crippen LogP contribution in [0.1, 0.15) is 78.7 Å². The van der Waals surface area contributed by atoms with Gasteiger partial charge in [0, 0.05) is 43.8 Å². The number of hydrogen-bond donors (Lipinski definition) is 1. The number of carbonyl (C=O) groups excluding carboxylic acids is 2. The van der Waals surface area contributed by atoms with E-state index in [4.69, 9.17) is 28.7 Å². The van der Waals surface area contributed by atoms with Crippen LogP contribution in [0.25, 0.3) is 11.3 Å². The van der Waals surface area contributed by atoms with E-state index in [1.165, 1.54) is 11.8 Å². The highest BCUT2D eigenvalue weighted by molar-refractivity contribution is 7.99. The Balaban J connectivity index is 1.75. The molecule has 0 aliphatic carbocycles. The Kier molecular flexibility index (Phi) is 20.3. The number of rotatable bonds is 25. The largest absolute Gasteiger partial charge is 0.444 e. The topological polar surface area (TPSA) is 113 Å². The maximum absolute atomic E-state index is 15.1. The van der Waals surface area contributed by atoms with Crippen LogP contribution in [0.15, 0.2) is 54.7 Å². The number of thioether (sulfide) groups is 1. The summed E-state index contributed by atoms with van der Waals surface area (Å²) in [5.74, 6) is 0.00601. The zero-order valence-electron chi connectivity index (χ0n) is 34.2. The summed E-state index contributed by atoms with van der Waals surface area (Å²) < 4.78 is 59.0. The van der Waals surface area contributed by atoms with Crippen LogP contribution in [-0.2, 0) is 35.0 Å². The van der Waals surface area contributed by atoms with E-state index in [-0.39, 0.29) is 29.5 Å². The van der Waals surface area contributed by atoms with E-state index in [2.05, 4.69) is 12.2 Å². The zero-order valence-corrected chi connectivity index (χ0v) is 35.1. The van der Waals surface area contributed by atoms with Gasteiger partial charge in [-0.2, -0.15) is 0 Å². The molecule has 56 heavy (non-hydrogen) atoms. The molecular weight excluding hydrogens is 743 g/mol. The predicted octanol–water partition coefficient (Wildman–Crippen LogP) is 7.92. The average Bonchev–Trinajstić information content (AvgIpc) is 3.53. The lowest BCUT2D eigenvalue weighted by molar-refractivity contribution is -0.133. The standard InChI is InChI=1S/C42H62F2N4O7S/c1-8-19-51-20-21-52-22-23-53-24-25-54-26-27-56-31-37(49)48(18-12-17-45-40(50)55-42(5,6)7)38(41(2,3)4)39-46-36(34-28-33(43)15-16-35(34)44)30-47(39)29-32-13-10-9-11-14-32/h9-11,13-16,28,30,38H,8,12,17-27,29,31H2,1-7H3,(H,45,50)/t38-/m0/s1. The number of halogens is 2. The summed E-state index contributed by atoms with van der Waals surface area (Å²) in [6, 6.07) is 12.5. The maximum Gasteiger partial charge on any atom is 0.407 e. The van der Waals surface area contributed by atoms with Crippen LogP contribution in [-0.4, -0.2) is 110 Å². The van der Waals surface area contributed by atoms with Gasteiger partial charge in [-0.3, -0.25) is 4.79 Å². The Morgan fingerprint density at radius 2 is 1.50 bits per heavy atom. The summed E-state index contributed by atoms with van der Waals surface area (Å²) in [6.45, 7) is 18.6.